The predicted octanol–water partition coefficient (Wildman–Crippen LogP) is 5.63. The third-order valence-electron chi connectivity index (χ3n) is 7.43. The average molecular weight is 396 g/mol. The smallest absolute Gasteiger partial charge is 0.255 e. The maximum Gasteiger partial charge on any atom is 0.255 e. The molecule has 2 aromatic carbocycles. The van der Waals surface area contributed by atoms with Crippen LogP contribution in [-0.2, 0) is 0 Å². The molecule has 0 saturated heterocycles. The van der Waals surface area contributed by atoms with E-state index in [-0.39, 0.29) is 5.91 Å². The van der Waals surface area contributed by atoms with Gasteiger partial charge >= 0.3 is 0 Å². The normalized spacial score (nSPS) is 28.3. The number of nitrogens with one attached hydrogen (secondary N) is 2. The number of pyridine rings is 1. The molecule has 5 atom stereocenters. The second-order valence-electron chi connectivity index (χ2n) is 8.97. The standard InChI is InChI=1S/C26H25N3O/c30-26(28-20-7-4-12-27-15-20)19-10-11-22-21(14-19)23-17-8-9-18(13-17)24(23)25(29-22)16-5-2-1-3-6-16/h1-7,10-12,14-15,17-18,23-25,29H,8-9,13H2,(H,28,30)/t17-,18+,23+,24+,25-/m1/s1. The summed E-state index contributed by atoms with van der Waals surface area (Å²) in [6.45, 7) is 0. The van der Waals surface area contributed by atoms with E-state index in [2.05, 4.69) is 58.1 Å². The van der Waals surface area contributed by atoms with Gasteiger partial charge in [0.1, 0.15) is 0 Å². The Hall–Kier alpha value is -3.14. The van der Waals surface area contributed by atoms with Crippen LogP contribution in [0.3, 0.4) is 0 Å². The molecule has 3 aliphatic rings. The van der Waals surface area contributed by atoms with Crippen molar-refractivity contribution in [3.8, 4) is 0 Å². The van der Waals surface area contributed by atoms with Crippen molar-refractivity contribution in [3.05, 3.63) is 89.7 Å². The summed E-state index contributed by atoms with van der Waals surface area (Å²) in [5.41, 5.74) is 5.34. The summed E-state index contributed by atoms with van der Waals surface area (Å²) in [7, 11) is 0. The fourth-order valence-electron chi connectivity index (χ4n) is 6.26. The van der Waals surface area contributed by atoms with Crippen LogP contribution < -0.4 is 10.6 Å². The van der Waals surface area contributed by atoms with Crippen LogP contribution in [0.1, 0.15) is 52.7 Å². The number of fused-ring (bicyclic) bond motifs is 7. The lowest BCUT2D eigenvalue weighted by Gasteiger charge is -2.43. The van der Waals surface area contributed by atoms with Gasteiger partial charge in [-0.15, -0.1) is 0 Å². The number of aromatic nitrogens is 1. The zero-order chi connectivity index (χ0) is 20.1. The number of nitrogens with zero attached hydrogens (tertiary/aromatic N) is 1. The first-order chi connectivity index (χ1) is 14.8. The number of hydrogen-bond acceptors (Lipinski definition) is 3. The topological polar surface area (TPSA) is 54.0 Å². The summed E-state index contributed by atoms with van der Waals surface area (Å²) in [6, 6.07) is 21.1. The van der Waals surface area contributed by atoms with Gasteiger partial charge in [0.15, 0.2) is 0 Å². The number of anilines is 2. The molecule has 2 N–H and O–H groups in total. The lowest BCUT2D eigenvalue weighted by atomic mass is 9.68. The van der Waals surface area contributed by atoms with Crippen molar-refractivity contribution >= 4 is 17.3 Å². The molecule has 0 radical (unpaired) electrons. The molecule has 1 aromatic heterocycles. The Labute approximate surface area is 176 Å². The summed E-state index contributed by atoms with van der Waals surface area (Å²) >= 11 is 0. The van der Waals surface area contributed by atoms with Crippen molar-refractivity contribution < 1.29 is 4.79 Å². The van der Waals surface area contributed by atoms with Gasteiger partial charge in [-0.1, -0.05) is 30.3 Å². The van der Waals surface area contributed by atoms with Crippen molar-refractivity contribution in [2.75, 3.05) is 10.6 Å². The number of carbonyl (C=O) groups excluding carboxylic acids is 1. The van der Waals surface area contributed by atoms with Crippen molar-refractivity contribution in [3.63, 3.8) is 0 Å². The van der Waals surface area contributed by atoms with Crippen LogP contribution in [0, 0.1) is 17.8 Å². The predicted molar refractivity (Wildman–Crippen MR) is 118 cm³/mol. The van der Waals surface area contributed by atoms with E-state index < -0.39 is 0 Å². The summed E-state index contributed by atoms with van der Waals surface area (Å²) < 4.78 is 0. The Morgan fingerprint density at radius 3 is 2.70 bits per heavy atom. The van der Waals surface area contributed by atoms with Gasteiger partial charge in [0, 0.05) is 17.4 Å². The van der Waals surface area contributed by atoms with Crippen LogP contribution in [-0.4, -0.2) is 10.9 Å². The minimum atomic E-state index is -0.0734. The lowest BCUT2D eigenvalue weighted by molar-refractivity contribution is 0.102. The van der Waals surface area contributed by atoms with Crippen LogP contribution in [0.4, 0.5) is 11.4 Å². The van der Waals surface area contributed by atoms with E-state index in [0.29, 0.717) is 17.9 Å². The molecule has 0 unspecified atom stereocenters. The highest BCUT2D eigenvalue weighted by Gasteiger charge is 2.53. The molecule has 150 valence electrons. The van der Waals surface area contributed by atoms with Gasteiger partial charge in [-0.25, -0.2) is 0 Å². The zero-order valence-corrected chi connectivity index (χ0v) is 16.8. The first-order valence-electron chi connectivity index (χ1n) is 10.9. The molecule has 0 spiro atoms. The number of carbonyl (C=O) groups is 1. The van der Waals surface area contributed by atoms with Crippen molar-refractivity contribution in [2.24, 2.45) is 17.8 Å². The maximum atomic E-state index is 12.9. The average Bonchev–Trinajstić information content (AvgIpc) is 3.42. The fraction of sp³-hybridized carbons (Fsp3) is 0.308. The van der Waals surface area contributed by atoms with Gasteiger partial charge < -0.3 is 10.6 Å². The van der Waals surface area contributed by atoms with E-state index in [1.165, 1.54) is 36.1 Å². The van der Waals surface area contributed by atoms with E-state index >= 15 is 0 Å². The lowest BCUT2D eigenvalue weighted by Crippen LogP contribution is -2.35. The van der Waals surface area contributed by atoms with Gasteiger partial charge in [-0.2, -0.15) is 0 Å². The molecule has 4 heteroatoms. The van der Waals surface area contributed by atoms with Gasteiger partial charge in [-0.3, -0.25) is 9.78 Å². The molecule has 2 heterocycles. The Balaban J connectivity index is 1.36. The summed E-state index contributed by atoms with van der Waals surface area (Å²) in [6.07, 6.45) is 7.37. The number of rotatable bonds is 3. The second-order valence-corrected chi connectivity index (χ2v) is 8.97. The molecular formula is C26H25N3O. The van der Waals surface area contributed by atoms with Crippen LogP contribution >= 0.6 is 0 Å². The van der Waals surface area contributed by atoms with Crippen molar-refractivity contribution in [1.82, 2.24) is 4.98 Å². The molecule has 2 aliphatic carbocycles. The molecule has 2 fully saturated rings. The third kappa shape index (κ3) is 2.82. The molecule has 4 nitrogen and oxygen atoms in total. The summed E-state index contributed by atoms with van der Waals surface area (Å²) in [5.74, 6) is 2.59. The Morgan fingerprint density at radius 1 is 1.00 bits per heavy atom. The number of benzene rings is 2. The van der Waals surface area contributed by atoms with Crippen LogP contribution in [0.2, 0.25) is 0 Å². The Bertz CT molecular complexity index is 1080. The van der Waals surface area contributed by atoms with E-state index in [1.807, 2.05) is 18.2 Å². The molecule has 6 rings (SSSR count). The first kappa shape index (κ1) is 17.7. The molecule has 2 bridgehead atoms. The Kier molecular flexibility index (Phi) is 4.12. The maximum absolute atomic E-state index is 12.9. The third-order valence-corrected chi connectivity index (χ3v) is 7.43. The number of hydrogen-bond donors (Lipinski definition) is 2. The highest BCUT2D eigenvalue weighted by atomic mass is 16.1. The van der Waals surface area contributed by atoms with Crippen LogP contribution in [0.25, 0.3) is 0 Å². The number of amides is 1. The molecule has 1 amide bonds. The Morgan fingerprint density at radius 2 is 1.87 bits per heavy atom. The zero-order valence-electron chi connectivity index (χ0n) is 16.8. The minimum absolute atomic E-state index is 0.0734. The largest absolute Gasteiger partial charge is 0.378 e. The van der Waals surface area contributed by atoms with Gasteiger partial charge in [0.25, 0.3) is 5.91 Å². The molecular weight excluding hydrogens is 370 g/mol. The summed E-state index contributed by atoms with van der Waals surface area (Å²) in [4.78, 5) is 17.0. The van der Waals surface area contributed by atoms with E-state index in [4.69, 9.17) is 0 Å². The van der Waals surface area contributed by atoms with Gasteiger partial charge in [0.2, 0.25) is 0 Å². The molecule has 30 heavy (non-hydrogen) atoms. The molecule has 3 aromatic rings. The monoisotopic (exact) mass is 395 g/mol. The quantitative estimate of drug-likeness (QED) is 0.604. The first-order valence-corrected chi connectivity index (χ1v) is 10.9. The van der Waals surface area contributed by atoms with E-state index in [9.17, 15) is 4.79 Å². The SMILES string of the molecule is O=C(Nc1cccnc1)c1ccc2c(c1)[C@@H]1[C@@H]3CC[C@@H](C3)[C@@H]1[C@@H](c1ccccc1)N2. The molecule has 2 saturated carbocycles. The second kappa shape index (κ2) is 6.98. The van der Waals surface area contributed by atoms with E-state index in [1.54, 1.807) is 12.4 Å². The molecule has 1 aliphatic heterocycles. The van der Waals surface area contributed by atoms with Crippen molar-refractivity contribution in [2.45, 2.75) is 31.2 Å². The highest BCUT2D eigenvalue weighted by molar-refractivity contribution is 6.04. The van der Waals surface area contributed by atoms with Gasteiger partial charge in [-0.05, 0) is 84.4 Å². The van der Waals surface area contributed by atoms with Crippen molar-refractivity contribution in [1.29, 1.82) is 0 Å². The van der Waals surface area contributed by atoms with Crippen LogP contribution in [0.15, 0.2) is 73.1 Å². The van der Waals surface area contributed by atoms with Gasteiger partial charge in [0.05, 0.1) is 17.9 Å². The van der Waals surface area contributed by atoms with E-state index in [0.717, 1.165) is 23.1 Å². The highest BCUT2D eigenvalue weighted by Crippen LogP contribution is 2.63. The fourth-order valence-corrected chi connectivity index (χ4v) is 6.26. The minimum Gasteiger partial charge on any atom is -0.378 e. The summed E-state index contributed by atoms with van der Waals surface area (Å²) in [5, 5.41) is 6.82. The van der Waals surface area contributed by atoms with Crippen LogP contribution in [0.5, 0.6) is 0 Å².